The van der Waals surface area contributed by atoms with E-state index in [9.17, 15) is 0 Å². The number of hydrogen-bond donors (Lipinski definition) is 0. The van der Waals surface area contributed by atoms with Crippen molar-refractivity contribution in [1.29, 1.82) is 0 Å². The third-order valence-corrected chi connectivity index (χ3v) is 15.9. The second-order valence-corrected chi connectivity index (χ2v) is 20.0. The Bertz CT molecular complexity index is 2230. The molecule has 3 aromatic carbocycles. The lowest BCUT2D eigenvalue weighted by Gasteiger charge is -2.23. The Hall–Kier alpha value is -3.26. The van der Waals surface area contributed by atoms with Crippen LogP contribution in [0.15, 0.2) is 48.5 Å². The SMILES string of the molecule is CCCCC(CC)Cc1cc(F)c2c(c1)C(C)(C)c1cc(-c3ccc(-c4cc5c(s4)-c4c(F)cc(CC(CC)CCCC)cc4C5(C)C)c4nsnc34)sc1-2. The monoisotopic (exact) mass is 792 g/mol. The van der Waals surface area contributed by atoms with Gasteiger partial charge in [0.2, 0.25) is 0 Å². The van der Waals surface area contributed by atoms with Crippen LogP contribution < -0.4 is 0 Å². The van der Waals surface area contributed by atoms with Gasteiger partial charge in [-0.1, -0.05) is 131 Å². The maximum atomic E-state index is 16.2. The van der Waals surface area contributed by atoms with Crippen LogP contribution in [0.2, 0.25) is 0 Å². The van der Waals surface area contributed by atoms with Gasteiger partial charge >= 0.3 is 0 Å². The van der Waals surface area contributed by atoms with Crippen molar-refractivity contribution in [2.75, 3.05) is 0 Å². The van der Waals surface area contributed by atoms with Gasteiger partial charge in [0.05, 0.1) is 11.7 Å². The normalized spacial score (nSPS) is 16.0. The van der Waals surface area contributed by atoms with E-state index >= 15 is 8.78 Å². The second-order valence-electron chi connectivity index (χ2n) is 17.3. The fraction of sp³-hybridized carbons (Fsp3) is 0.458. The van der Waals surface area contributed by atoms with E-state index in [-0.39, 0.29) is 22.5 Å². The topological polar surface area (TPSA) is 25.8 Å². The number of halogens is 2. The summed E-state index contributed by atoms with van der Waals surface area (Å²) >= 11 is 4.57. The summed E-state index contributed by atoms with van der Waals surface area (Å²) in [5, 5.41) is 0. The molecule has 2 aliphatic carbocycles. The molecule has 6 aromatic rings. The Balaban J connectivity index is 1.12. The molecule has 2 unspecified atom stereocenters. The van der Waals surface area contributed by atoms with E-state index in [1.54, 1.807) is 34.8 Å². The molecule has 0 saturated carbocycles. The molecule has 2 aliphatic rings. The van der Waals surface area contributed by atoms with Crippen molar-refractivity contribution < 1.29 is 8.78 Å². The molecule has 2 nitrogen and oxygen atoms in total. The standard InChI is InChI=1S/C48H54F2N2S3/c1-9-13-15-27(11-3)19-29-21-33-41(37(49)23-29)45-35(47(33,5)6)25-39(53-45)31-17-18-32(44-43(31)51-55-52-44)40-26-36-46(54-40)42-34(48(36,7)8)22-30(24-38(42)50)20-28(12-4)16-14-10-2/h17-18,21-28H,9-16,19-20H2,1-8H3. The zero-order valence-corrected chi connectivity index (χ0v) is 36.2. The van der Waals surface area contributed by atoms with Gasteiger partial charge in [0.15, 0.2) is 0 Å². The fourth-order valence-electron chi connectivity index (χ4n) is 9.46. The molecule has 0 saturated heterocycles. The minimum absolute atomic E-state index is 0.103. The minimum atomic E-state index is -0.301. The van der Waals surface area contributed by atoms with E-state index in [0.29, 0.717) is 11.8 Å². The van der Waals surface area contributed by atoms with E-state index < -0.39 is 0 Å². The largest absolute Gasteiger partial charge is 0.206 e. The Morgan fingerprint density at radius 3 is 1.38 bits per heavy atom. The van der Waals surface area contributed by atoms with Crippen LogP contribution in [-0.2, 0) is 23.7 Å². The molecular formula is C48H54F2N2S3. The van der Waals surface area contributed by atoms with Gasteiger partial charge in [0.1, 0.15) is 22.7 Å². The highest BCUT2D eigenvalue weighted by molar-refractivity contribution is 7.19. The average Bonchev–Trinajstić information content (AvgIpc) is 3.98. The molecule has 0 aliphatic heterocycles. The highest BCUT2D eigenvalue weighted by Crippen LogP contribution is 2.58. The number of hydrogen-bond acceptors (Lipinski definition) is 5. The highest BCUT2D eigenvalue weighted by Gasteiger charge is 2.41. The molecule has 0 bridgehead atoms. The molecule has 2 atom stereocenters. The number of thiophene rings is 2. The summed E-state index contributed by atoms with van der Waals surface area (Å²) in [7, 11) is 0. The van der Waals surface area contributed by atoms with Crippen molar-refractivity contribution in [3.05, 3.63) is 93.5 Å². The maximum absolute atomic E-state index is 16.2. The first kappa shape index (κ1) is 38.6. The summed E-state index contributed by atoms with van der Waals surface area (Å²) in [5.74, 6) is 0.971. The second kappa shape index (κ2) is 14.9. The number of aromatic nitrogens is 2. The summed E-state index contributed by atoms with van der Waals surface area (Å²) in [6, 6.07) is 17.0. The van der Waals surface area contributed by atoms with Gasteiger partial charge in [0, 0.05) is 52.6 Å². The van der Waals surface area contributed by atoms with Gasteiger partial charge in [-0.05, 0) is 82.3 Å². The van der Waals surface area contributed by atoms with Crippen LogP contribution in [-0.4, -0.2) is 8.75 Å². The molecule has 0 N–H and O–H groups in total. The predicted octanol–water partition coefficient (Wildman–Crippen LogP) is 15.6. The predicted molar refractivity (Wildman–Crippen MR) is 233 cm³/mol. The minimum Gasteiger partial charge on any atom is -0.206 e. The molecule has 7 heteroatoms. The third kappa shape index (κ3) is 6.54. The Morgan fingerprint density at radius 2 is 1.00 bits per heavy atom. The van der Waals surface area contributed by atoms with Crippen molar-refractivity contribution in [3.63, 3.8) is 0 Å². The number of rotatable bonds is 14. The van der Waals surface area contributed by atoms with Crippen LogP contribution in [0.1, 0.15) is 140 Å². The number of nitrogens with zero attached hydrogens (tertiary/aromatic N) is 2. The summed E-state index contributed by atoms with van der Waals surface area (Å²) in [6.07, 6.45) is 11.3. The Morgan fingerprint density at radius 1 is 0.582 bits per heavy atom. The van der Waals surface area contributed by atoms with Crippen LogP contribution in [0, 0.1) is 23.5 Å². The van der Waals surface area contributed by atoms with Crippen LogP contribution >= 0.6 is 34.4 Å². The van der Waals surface area contributed by atoms with E-state index in [1.165, 1.54) is 61.4 Å². The molecule has 3 heterocycles. The lowest BCUT2D eigenvalue weighted by atomic mass is 9.81. The van der Waals surface area contributed by atoms with Crippen LogP contribution in [0.25, 0.3) is 52.8 Å². The molecule has 55 heavy (non-hydrogen) atoms. The molecule has 288 valence electrons. The van der Waals surface area contributed by atoms with Crippen molar-refractivity contribution >= 4 is 45.4 Å². The molecular weight excluding hydrogens is 739 g/mol. The molecule has 8 rings (SSSR count). The molecule has 3 aromatic heterocycles. The van der Waals surface area contributed by atoms with Gasteiger partial charge in [-0.2, -0.15) is 8.75 Å². The molecule has 0 spiro atoms. The van der Waals surface area contributed by atoms with Gasteiger partial charge in [-0.15, -0.1) is 22.7 Å². The average molecular weight is 793 g/mol. The van der Waals surface area contributed by atoms with Crippen molar-refractivity contribution in [1.82, 2.24) is 8.75 Å². The number of unbranched alkanes of at least 4 members (excludes halogenated alkanes) is 2. The molecule has 0 amide bonds. The van der Waals surface area contributed by atoms with Gasteiger partial charge in [-0.25, -0.2) is 8.78 Å². The van der Waals surface area contributed by atoms with Crippen LogP contribution in [0.3, 0.4) is 0 Å². The molecule has 0 fully saturated rings. The van der Waals surface area contributed by atoms with Crippen LogP contribution in [0.4, 0.5) is 8.78 Å². The molecule has 0 radical (unpaired) electrons. The zero-order chi connectivity index (χ0) is 38.8. The Labute approximate surface area is 338 Å². The first-order valence-electron chi connectivity index (χ1n) is 20.6. The summed E-state index contributed by atoms with van der Waals surface area (Å²) in [4.78, 5) is 4.24. The Kier molecular flexibility index (Phi) is 10.5. The first-order valence-corrected chi connectivity index (χ1v) is 23.0. The van der Waals surface area contributed by atoms with E-state index in [1.807, 2.05) is 0 Å². The first-order chi connectivity index (χ1) is 26.4. The van der Waals surface area contributed by atoms with Crippen molar-refractivity contribution in [2.24, 2.45) is 11.8 Å². The van der Waals surface area contributed by atoms with Gasteiger partial charge in [0.25, 0.3) is 0 Å². The summed E-state index contributed by atoms with van der Waals surface area (Å²) in [5.41, 5.74) is 11.5. The van der Waals surface area contributed by atoms with E-state index in [2.05, 4.69) is 91.8 Å². The lowest BCUT2D eigenvalue weighted by Crippen LogP contribution is -2.15. The van der Waals surface area contributed by atoms with Gasteiger partial charge < -0.3 is 0 Å². The van der Waals surface area contributed by atoms with Gasteiger partial charge in [-0.3, -0.25) is 0 Å². The summed E-state index contributed by atoms with van der Waals surface area (Å²) < 4.78 is 42.0. The fourth-order valence-corrected chi connectivity index (χ4v) is 12.8. The lowest BCUT2D eigenvalue weighted by molar-refractivity contribution is 0.448. The van der Waals surface area contributed by atoms with Crippen LogP contribution in [0.5, 0.6) is 0 Å². The smallest absolute Gasteiger partial charge is 0.132 e. The third-order valence-electron chi connectivity index (χ3n) is 13.0. The van der Waals surface area contributed by atoms with E-state index in [0.717, 1.165) is 101 Å². The zero-order valence-electron chi connectivity index (χ0n) is 33.7. The maximum Gasteiger partial charge on any atom is 0.132 e. The van der Waals surface area contributed by atoms with Crippen molar-refractivity contribution in [2.45, 2.75) is 130 Å². The number of benzene rings is 3. The quantitative estimate of drug-likeness (QED) is 0.110. The number of fused-ring (bicyclic) bond motifs is 7. The highest BCUT2D eigenvalue weighted by atomic mass is 32.1. The van der Waals surface area contributed by atoms with Crippen molar-refractivity contribution in [3.8, 4) is 41.8 Å². The van der Waals surface area contributed by atoms with E-state index in [4.69, 9.17) is 8.75 Å². The summed E-state index contributed by atoms with van der Waals surface area (Å²) in [6.45, 7) is 18.0.